The molecule has 0 aromatic rings. The Kier molecular flexibility index (Phi) is 7.45. The summed E-state index contributed by atoms with van der Waals surface area (Å²) in [4.78, 5) is 13.6. The maximum absolute atomic E-state index is 13.6. The second-order valence-corrected chi connectivity index (χ2v) is 12.0. The number of esters is 1. The summed E-state index contributed by atoms with van der Waals surface area (Å²) in [7, 11) is 0. The third-order valence-electron chi connectivity index (χ3n) is 9.90. The molecule has 0 aromatic heterocycles. The molecule has 3 fully saturated rings. The number of hydrogen-bond donors (Lipinski definition) is 6. The molecule has 0 aromatic carbocycles. The van der Waals surface area contributed by atoms with Crippen LogP contribution in [0.25, 0.3) is 0 Å². The maximum Gasteiger partial charge on any atom is 0.314 e. The van der Waals surface area contributed by atoms with Crippen LogP contribution in [0.3, 0.4) is 0 Å². The van der Waals surface area contributed by atoms with Crippen LogP contribution in [0, 0.1) is 28.1 Å². The Morgan fingerprint density at radius 3 is 2.46 bits per heavy atom. The normalized spacial score (nSPS) is 48.8. The number of hydrogen-bond acceptors (Lipinski definition) is 9. The Bertz CT molecular complexity index is 830. The van der Waals surface area contributed by atoms with Crippen LogP contribution < -0.4 is 0 Å². The first-order valence-corrected chi connectivity index (χ1v) is 12.9. The highest BCUT2D eigenvalue weighted by Crippen LogP contribution is 2.64. The molecule has 35 heavy (non-hydrogen) atoms. The number of ether oxygens (including phenoxy) is 2. The highest BCUT2D eigenvalue weighted by atomic mass is 16.7. The zero-order valence-corrected chi connectivity index (χ0v) is 21.0. The molecule has 0 radical (unpaired) electrons. The van der Waals surface area contributed by atoms with E-state index >= 15 is 0 Å². The van der Waals surface area contributed by atoms with Gasteiger partial charge >= 0.3 is 5.97 Å². The molecule has 4 aliphatic rings. The van der Waals surface area contributed by atoms with Crippen molar-refractivity contribution in [3.8, 4) is 0 Å². The van der Waals surface area contributed by atoms with Crippen molar-refractivity contribution in [1.29, 1.82) is 0 Å². The van der Waals surface area contributed by atoms with Crippen molar-refractivity contribution < 1.29 is 44.9 Å². The van der Waals surface area contributed by atoms with Crippen molar-refractivity contribution in [2.24, 2.45) is 28.1 Å². The monoisotopic (exact) mass is 498 g/mol. The van der Waals surface area contributed by atoms with E-state index in [1.54, 1.807) is 0 Å². The van der Waals surface area contributed by atoms with Crippen molar-refractivity contribution in [3.63, 3.8) is 0 Å². The van der Waals surface area contributed by atoms with E-state index in [4.69, 9.17) is 9.47 Å². The van der Waals surface area contributed by atoms with Gasteiger partial charge in [0.1, 0.15) is 24.4 Å². The summed E-state index contributed by atoms with van der Waals surface area (Å²) in [5.41, 5.74) is -0.111. The van der Waals surface area contributed by atoms with Crippen LogP contribution in [0.5, 0.6) is 0 Å². The van der Waals surface area contributed by atoms with Gasteiger partial charge in [-0.2, -0.15) is 0 Å². The molecule has 200 valence electrons. The molecule has 1 saturated heterocycles. The lowest BCUT2D eigenvalue weighted by Gasteiger charge is -2.59. The van der Waals surface area contributed by atoms with Crippen LogP contribution in [-0.4, -0.2) is 86.6 Å². The zero-order valence-electron chi connectivity index (χ0n) is 21.0. The van der Waals surface area contributed by atoms with Crippen molar-refractivity contribution in [1.82, 2.24) is 0 Å². The Labute approximate surface area is 206 Å². The van der Waals surface area contributed by atoms with Crippen LogP contribution in [0.2, 0.25) is 0 Å². The van der Waals surface area contributed by atoms with Crippen LogP contribution >= 0.6 is 0 Å². The summed E-state index contributed by atoms with van der Waals surface area (Å²) in [6.07, 6.45) is -0.293. The molecule has 0 amide bonds. The first-order chi connectivity index (χ1) is 16.4. The van der Waals surface area contributed by atoms with Gasteiger partial charge in [0.15, 0.2) is 0 Å². The lowest BCUT2D eigenvalue weighted by atomic mass is 9.45. The molecule has 1 heterocycles. The molecule has 0 bridgehead atoms. The summed E-state index contributed by atoms with van der Waals surface area (Å²) in [5.74, 6) is -0.183. The largest absolute Gasteiger partial charge is 0.432 e. The number of fused-ring (bicyclic) bond motifs is 3. The predicted octanol–water partition coefficient (Wildman–Crippen LogP) is 0.632. The van der Waals surface area contributed by atoms with Gasteiger partial charge in [-0.15, -0.1) is 0 Å². The van der Waals surface area contributed by atoms with E-state index in [9.17, 15) is 35.4 Å². The Morgan fingerprint density at radius 2 is 1.80 bits per heavy atom. The van der Waals surface area contributed by atoms with E-state index in [1.807, 2.05) is 13.8 Å². The molecule has 2 saturated carbocycles. The van der Waals surface area contributed by atoms with Crippen molar-refractivity contribution in [3.05, 3.63) is 11.6 Å². The summed E-state index contributed by atoms with van der Waals surface area (Å²) in [6, 6.07) is 0. The van der Waals surface area contributed by atoms with E-state index in [-0.39, 0.29) is 23.9 Å². The van der Waals surface area contributed by atoms with Gasteiger partial charge < -0.3 is 40.1 Å². The van der Waals surface area contributed by atoms with E-state index < -0.39 is 60.2 Å². The predicted molar refractivity (Wildman–Crippen MR) is 125 cm³/mol. The molecule has 1 aliphatic heterocycles. The Morgan fingerprint density at radius 1 is 1.09 bits per heavy atom. The third kappa shape index (κ3) is 4.37. The van der Waals surface area contributed by atoms with Crippen molar-refractivity contribution in [2.75, 3.05) is 13.2 Å². The van der Waals surface area contributed by atoms with Crippen molar-refractivity contribution in [2.45, 2.75) is 103 Å². The highest BCUT2D eigenvalue weighted by molar-refractivity contribution is 5.77. The SMILES string of the molecule is C[C@@]12CCC[C@@](C)(C(=O)O[C@@H]3O[C@H](CO)[C@@H](O)[C@H](O)[C@H]3O)[C@H]1CCC1=C[C@@](C)(C(O)CO)CC[C@H]12. The Hall–Kier alpha value is -1.07. The number of rotatable bonds is 5. The van der Waals surface area contributed by atoms with Gasteiger partial charge in [0.05, 0.1) is 24.7 Å². The van der Waals surface area contributed by atoms with E-state index in [0.717, 1.165) is 38.5 Å². The fourth-order valence-electron chi connectivity index (χ4n) is 7.65. The van der Waals surface area contributed by atoms with Gasteiger partial charge in [-0.3, -0.25) is 4.79 Å². The summed E-state index contributed by atoms with van der Waals surface area (Å²) in [6.45, 7) is 5.30. The molecule has 4 rings (SSSR count). The van der Waals surface area contributed by atoms with Gasteiger partial charge in [0.25, 0.3) is 0 Å². The zero-order chi connectivity index (χ0) is 25.8. The van der Waals surface area contributed by atoms with Gasteiger partial charge in [-0.1, -0.05) is 31.9 Å². The summed E-state index contributed by atoms with van der Waals surface area (Å²) >= 11 is 0. The highest BCUT2D eigenvalue weighted by Gasteiger charge is 2.60. The fraction of sp³-hybridized carbons (Fsp3) is 0.885. The fourth-order valence-corrected chi connectivity index (χ4v) is 7.65. The number of allylic oxidation sites excluding steroid dienone is 1. The molecule has 9 nitrogen and oxygen atoms in total. The van der Waals surface area contributed by atoms with E-state index in [0.29, 0.717) is 6.42 Å². The molecule has 0 spiro atoms. The second-order valence-electron chi connectivity index (χ2n) is 12.0. The Balaban J connectivity index is 1.55. The average molecular weight is 499 g/mol. The maximum atomic E-state index is 13.6. The van der Waals surface area contributed by atoms with E-state index in [2.05, 4.69) is 13.0 Å². The molecular formula is C26H42O9. The quantitative estimate of drug-likeness (QED) is 0.236. The number of carbonyl (C=O) groups is 1. The lowest BCUT2D eigenvalue weighted by Crippen LogP contribution is -2.61. The van der Waals surface area contributed by atoms with Crippen LogP contribution in [-0.2, 0) is 14.3 Å². The van der Waals surface area contributed by atoms with Gasteiger partial charge in [0.2, 0.25) is 6.29 Å². The molecule has 3 aliphatic carbocycles. The van der Waals surface area contributed by atoms with Crippen LogP contribution in [0.15, 0.2) is 11.6 Å². The first kappa shape index (κ1) is 27.0. The van der Waals surface area contributed by atoms with Gasteiger partial charge in [0, 0.05) is 5.41 Å². The molecule has 1 unspecified atom stereocenters. The molecule has 11 atom stereocenters. The minimum atomic E-state index is -1.62. The number of aliphatic hydroxyl groups excluding tert-OH is 6. The molecular weight excluding hydrogens is 456 g/mol. The van der Waals surface area contributed by atoms with Crippen molar-refractivity contribution >= 4 is 5.97 Å². The second kappa shape index (κ2) is 9.67. The number of aliphatic hydroxyl groups is 6. The molecule has 9 heteroatoms. The average Bonchev–Trinajstić information content (AvgIpc) is 2.83. The lowest BCUT2D eigenvalue weighted by molar-refractivity contribution is -0.297. The number of carbonyl (C=O) groups excluding carboxylic acids is 1. The topological polar surface area (TPSA) is 157 Å². The smallest absolute Gasteiger partial charge is 0.314 e. The molecule has 6 N–H and O–H groups in total. The van der Waals surface area contributed by atoms with Crippen LogP contribution in [0.4, 0.5) is 0 Å². The minimum Gasteiger partial charge on any atom is -0.432 e. The summed E-state index contributed by atoms with van der Waals surface area (Å²) in [5, 5.41) is 59.9. The van der Waals surface area contributed by atoms with Crippen LogP contribution in [0.1, 0.15) is 65.7 Å². The first-order valence-electron chi connectivity index (χ1n) is 12.9. The van der Waals surface area contributed by atoms with Gasteiger partial charge in [-0.25, -0.2) is 0 Å². The summed E-state index contributed by atoms with van der Waals surface area (Å²) < 4.78 is 11.1. The minimum absolute atomic E-state index is 0.0374. The van der Waals surface area contributed by atoms with E-state index in [1.165, 1.54) is 5.57 Å². The van der Waals surface area contributed by atoms with Gasteiger partial charge in [-0.05, 0) is 62.7 Å². The standard InChI is InChI=1S/C26H42O9/c1-24(18(29)13-28)10-7-15-14(11-24)5-6-17-25(15,2)8-4-9-26(17,3)23(33)35-22-21(32)20(31)19(30)16(12-27)34-22/h11,15-22,27-32H,4-10,12-13H2,1-3H3/t15-,16-,17+,18?,19-,20+,21-,22+,24+,25+,26-/m1/s1. The third-order valence-corrected chi connectivity index (χ3v) is 9.90.